The highest BCUT2D eigenvalue weighted by molar-refractivity contribution is 8.01. The van der Waals surface area contributed by atoms with Crippen molar-refractivity contribution in [1.29, 1.82) is 0 Å². The van der Waals surface area contributed by atoms with Crippen LogP contribution in [-0.2, 0) is 0 Å². The molecule has 0 bridgehead atoms. The highest BCUT2D eigenvalue weighted by atomic mass is 32.2. The molecule has 0 radical (unpaired) electrons. The van der Waals surface area contributed by atoms with Gasteiger partial charge in [0.2, 0.25) is 0 Å². The maximum absolute atomic E-state index is 9.22. The number of aliphatic hydroxyl groups is 4. The number of thioether (sulfide) groups is 1. The van der Waals surface area contributed by atoms with E-state index in [0.717, 1.165) is 0 Å². The summed E-state index contributed by atoms with van der Waals surface area (Å²) >= 11 is 1.23. The second-order valence-corrected chi connectivity index (χ2v) is 4.04. The van der Waals surface area contributed by atoms with Crippen molar-refractivity contribution in [2.75, 3.05) is 13.2 Å². The lowest BCUT2D eigenvalue weighted by Crippen LogP contribution is -2.34. The number of hydrogen-bond acceptors (Lipinski definition) is 5. The average Bonchev–Trinajstić information content (AvgIpc) is 2.30. The Labute approximate surface area is 68.9 Å². The second-order valence-electron chi connectivity index (χ2n) is 2.56. The number of rotatable bonds is 2. The van der Waals surface area contributed by atoms with Crippen LogP contribution in [0.5, 0.6) is 0 Å². The fourth-order valence-corrected chi connectivity index (χ4v) is 2.39. The van der Waals surface area contributed by atoms with Gasteiger partial charge in [-0.15, -0.1) is 11.8 Å². The number of hydrogen-bond donors (Lipinski definition) is 4. The van der Waals surface area contributed by atoms with Crippen molar-refractivity contribution in [3.05, 3.63) is 0 Å². The fourth-order valence-electron chi connectivity index (χ4n) is 1.13. The summed E-state index contributed by atoms with van der Waals surface area (Å²) in [5, 5.41) is 35.1. The Balaban J connectivity index is 2.53. The van der Waals surface area contributed by atoms with Crippen LogP contribution in [0, 0.1) is 0 Å². The van der Waals surface area contributed by atoms with Gasteiger partial charge in [0, 0.05) is 0 Å². The van der Waals surface area contributed by atoms with Crippen LogP contribution >= 0.6 is 11.8 Å². The van der Waals surface area contributed by atoms with Gasteiger partial charge in [0.25, 0.3) is 0 Å². The normalized spacial score (nSPS) is 44.7. The topological polar surface area (TPSA) is 80.9 Å². The van der Waals surface area contributed by atoms with Gasteiger partial charge < -0.3 is 20.4 Å². The molecule has 5 heteroatoms. The standard InChI is InChI=1S/C6H12O4S/c7-1-3-5(9)6(10)4(2-8)11-3/h3-10H,1-2H2/t3-,4-,5-,6-/m1/s1. The van der Waals surface area contributed by atoms with E-state index in [1.807, 2.05) is 0 Å². The minimum absolute atomic E-state index is 0.167. The summed E-state index contributed by atoms with van der Waals surface area (Å²) in [7, 11) is 0. The van der Waals surface area contributed by atoms with E-state index in [1.165, 1.54) is 11.8 Å². The van der Waals surface area contributed by atoms with Gasteiger partial charge in [-0.1, -0.05) is 0 Å². The lowest BCUT2D eigenvalue weighted by atomic mass is 10.1. The van der Waals surface area contributed by atoms with Gasteiger partial charge in [-0.3, -0.25) is 0 Å². The summed E-state index contributed by atoms with van der Waals surface area (Å²) < 4.78 is 0. The van der Waals surface area contributed by atoms with E-state index in [4.69, 9.17) is 10.2 Å². The van der Waals surface area contributed by atoms with E-state index < -0.39 is 12.2 Å². The third kappa shape index (κ3) is 1.68. The smallest absolute Gasteiger partial charge is 0.0951 e. The van der Waals surface area contributed by atoms with Gasteiger partial charge in [0.15, 0.2) is 0 Å². The molecular weight excluding hydrogens is 168 g/mol. The van der Waals surface area contributed by atoms with Crippen molar-refractivity contribution < 1.29 is 20.4 Å². The monoisotopic (exact) mass is 180 g/mol. The molecule has 66 valence electrons. The van der Waals surface area contributed by atoms with E-state index in [0.29, 0.717) is 0 Å². The summed E-state index contributed by atoms with van der Waals surface area (Å²) in [6, 6.07) is 0. The molecule has 4 nitrogen and oxygen atoms in total. The van der Waals surface area contributed by atoms with Crippen LogP contribution in [0.15, 0.2) is 0 Å². The van der Waals surface area contributed by atoms with Crippen molar-refractivity contribution >= 4 is 11.8 Å². The molecule has 1 heterocycles. The van der Waals surface area contributed by atoms with Gasteiger partial charge in [0.05, 0.1) is 35.9 Å². The third-order valence-corrected chi connectivity index (χ3v) is 3.38. The first-order valence-electron chi connectivity index (χ1n) is 3.44. The molecular formula is C6H12O4S. The summed E-state index contributed by atoms with van der Waals surface area (Å²) in [5.74, 6) is 0. The molecule has 4 atom stereocenters. The number of aliphatic hydroxyl groups excluding tert-OH is 4. The average molecular weight is 180 g/mol. The fraction of sp³-hybridized carbons (Fsp3) is 1.00. The van der Waals surface area contributed by atoms with Crippen LogP contribution in [0.1, 0.15) is 0 Å². The molecule has 0 saturated carbocycles. The van der Waals surface area contributed by atoms with Crippen LogP contribution < -0.4 is 0 Å². The van der Waals surface area contributed by atoms with Gasteiger partial charge in [-0.05, 0) is 0 Å². The first kappa shape index (κ1) is 9.28. The summed E-state index contributed by atoms with van der Waals surface area (Å²) in [6.07, 6.45) is -1.83. The van der Waals surface area contributed by atoms with Crippen LogP contribution in [0.2, 0.25) is 0 Å². The van der Waals surface area contributed by atoms with Crippen molar-refractivity contribution in [2.45, 2.75) is 22.7 Å². The Morgan fingerprint density at radius 3 is 1.45 bits per heavy atom. The summed E-state index contributed by atoms with van der Waals surface area (Å²) in [5.41, 5.74) is 0. The van der Waals surface area contributed by atoms with Gasteiger partial charge in [0.1, 0.15) is 0 Å². The quantitative estimate of drug-likeness (QED) is 0.402. The van der Waals surface area contributed by atoms with Crippen LogP contribution in [0.25, 0.3) is 0 Å². The molecule has 1 saturated heterocycles. The van der Waals surface area contributed by atoms with Crippen molar-refractivity contribution in [3.63, 3.8) is 0 Å². The SMILES string of the molecule is OC[C@H]1S[C@H](CO)[C@@H](O)[C@@H]1O. The Morgan fingerprint density at radius 1 is 0.909 bits per heavy atom. The molecule has 1 rings (SSSR count). The Bertz CT molecular complexity index is 114. The Morgan fingerprint density at radius 2 is 1.27 bits per heavy atom. The van der Waals surface area contributed by atoms with E-state index in [2.05, 4.69) is 0 Å². The molecule has 0 spiro atoms. The first-order valence-corrected chi connectivity index (χ1v) is 4.38. The molecule has 1 fully saturated rings. The van der Waals surface area contributed by atoms with Crippen LogP contribution in [-0.4, -0.2) is 56.3 Å². The van der Waals surface area contributed by atoms with Gasteiger partial charge >= 0.3 is 0 Å². The zero-order valence-corrected chi connectivity index (χ0v) is 6.74. The lowest BCUT2D eigenvalue weighted by Gasteiger charge is -2.12. The molecule has 0 amide bonds. The van der Waals surface area contributed by atoms with E-state index >= 15 is 0 Å². The third-order valence-electron chi connectivity index (χ3n) is 1.82. The van der Waals surface area contributed by atoms with Crippen LogP contribution in [0.4, 0.5) is 0 Å². The predicted molar refractivity (Wildman–Crippen MR) is 41.4 cm³/mol. The molecule has 1 aliphatic rings. The van der Waals surface area contributed by atoms with Crippen LogP contribution in [0.3, 0.4) is 0 Å². The highest BCUT2D eigenvalue weighted by Gasteiger charge is 2.41. The molecule has 11 heavy (non-hydrogen) atoms. The van der Waals surface area contributed by atoms with Crippen molar-refractivity contribution in [1.82, 2.24) is 0 Å². The van der Waals surface area contributed by atoms with E-state index in [-0.39, 0.29) is 23.7 Å². The maximum Gasteiger partial charge on any atom is 0.0951 e. The molecule has 1 aliphatic heterocycles. The second kappa shape index (κ2) is 3.73. The molecule has 4 N–H and O–H groups in total. The Hall–Kier alpha value is 0.190. The molecule has 0 aromatic heterocycles. The minimum Gasteiger partial charge on any atom is -0.395 e. The minimum atomic E-state index is -0.915. The molecule has 0 aromatic carbocycles. The first-order chi connectivity index (χ1) is 5.20. The van der Waals surface area contributed by atoms with E-state index in [1.54, 1.807) is 0 Å². The largest absolute Gasteiger partial charge is 0.395 e. The van der Waals surface area contributed by atoms with Gasteiger partial charge in [-0.2, -0.15) is 0 Å². The molecule has 0 aliphatic carbocycles. The Kier molecular flexibility index (Phi) is 3.15. The molecule has 0 aromatic rings. The predicted octanol–water partition coefficient (Wildman–Crippen LogP) is -1.82. The van der Waals surface area contributed by atoms with Crippen molar-refractivity contribution in [2.24, 2.45) is 0 Å². The lowest BCUT2D eigenvalue weighted by molar-refractivity contribution is 0.0130. The highest BCUT2D eigenvalue weighted by Crippen LogP contribution is 2.33. The summed E-state index contributed by atoms with van der Waals surface area (Å²) in [6.45, 7) is -0.335. The van der Waals surface area contributed by atoms with Gasteiger partial charge in [-0.25, -0.2) is 0 Å². The zero-order valence-electron chi connectivity index (χ0n) is 5.92. The summed E-state index contributed by atoms with van der Waals surface area (Å²) in [4.78, 5) is 0. The van der Waals surface area contributed by atoms with Crippen molar-refractivity contribution in [3.8, 4) is 0 Å². The zero-order chi connectivity index (χ0) is 8.43. The maximum atomic E-state index is 9.22. The van der Waals surface area contributed by atoms with E-state index in [9.17, 15) is 10.2 Å². The molecule has 0 unspecified atom stereocenters.